The van der Waals surface area contributed by atoms with Crippen molar-refractivity contribution in [3.8, 4) is 17.2 Å². The second-order valence-corrected chi connectivity index (χ2v) is 9.21. The Balaban J connectivity index is 1.51. The molecule has 2 bridgehead atoms. The van der Waals surface area contributed by atoms with Crippen molar-refractivity contribution in [1.82, 2.24) is 14.8 Å². The lowest BCUT2D eigenvalue weighted by Gasteiger charge is -2.39. The number of rotatable bonds is 4. The maximum atomic E-state index is 13.9. The number of nitrogens with zero attached hydrogens (tertiary/aromatic N) is 3. The van der Waals surface area contributed by atoms with Crippen LogP contribution in [0, 0.1) is 0 Å². The Hall–Kier alpha value is -3.62. The Morgan fingerprint density at radius 3 is 2.54 bits per heavy atom. The lowest BCUT2D eigenvalue weighted by atomic mass is 9.87. The van der Waals surface area contributed by atoms with Crippen molar-refractivity contribution >= 4 is 5.91 Å². The van der Waals surface area contributed by atoms with Gasteiger partial charge in [-0.1, -0.05) is 18.2 Å². The summed E-state index contributed by atoms with van der Waals surface area (Å²) >= 11 is 0. The van der Waals surface area contributed by atoms with E-state index >= 15 is 0 Å². The van der Waals surface area contributed by atoms with Crippen LogP contribution in [0.2, 0.25) is 0 Å². The highest BCUT2D eigenvalue weighted by atomic mass is 16.5. The molecule has 0 N–H and O–H groups in total. The van der Waals surface area contributed by atoms with Gasteiger partial charge in [0.05, 0.1) is 45.7 Å². The zero-order chi connectivity index (χ0) is 25.6. The lowest BCUT2D eigenvalue weighted by molar-refractivity contribution is -0.134. The van der Waals surface area contributed by atoms with Crippen LogP contribution in [-0.4, -0.2) is 74.4 Å². The predicted octanol–water partition coefficient (Wildman–Crippen LogP) is 3.48. The summed E-state index contributed by atoms with van der Waals surface area (Å²) in [5.41, 5.74) is 4.15. The number of benzene rings is 2. The minimum absolute atomic E-state index is 0.0663. The molecule has 0 aliphatic carbocycles. The standard InChI is InChI=1S/C29H33N3O5/c1-34-26-17-22-10-12-32-28(33)20-31(19-23-5-3-4-11-30-23)13-14-36-15-16-37-24-8-6-21(7-9-24)29(32)25(22)18-27(26)35-2/h3-9,11,17-18,29H,10,12-16,19-20H2,1-2H3. The molecule has 3 aliphatic heterocycles. The molecule has 8 heteroatoms. The second kappa shape index (κ2) is 11.6. The number of carbonyl (C=O) groups is 1. The van der Waals surface area contributed by atoms with E-state index in [2.05, 4.69) is 9.88 Å². The topological polar surface area (TPSA) is 73.4 Å². The molecule has 0 fully saturated rings. The molecule has 0 spiro atoms. The molecule has 0 radical (unpaired) electrons. The number of carbonyl (C=O) groups excluding carboxylic acids is 1. The number of ether oxygens (including phenoxy) is 4. The van der Waals surface area contributed by atoms with Crippen LogP contribution < -0.4 is 14.2 Å². The molecule has 4 heterocycles. The third-order valence-electron chi connectivity index (χ3n) is 6.91. The van der Waals surface area contributed by atoms with Crippen LogP contribution in [0.25, 0.3) is 0 Å². The van der Waals surface area contributed by atoms with Crippen molar-refractivity contribution in [2.75, 3.05) is 53.7 Å². The summed E-state index contributed by atoms with van der Waals surface area (Å²) < 4.78 is 22.9. The average Bonchev–Trinajstić information content (AvgIpc) is 2.94. The van der Waals surface area contributed by atoms with Crippen LogP contribution in [0.15, 0.2) is 60.8 Å². The Bertz CT molecular complexity index is 1200. The van der Waals surface area contributed by atoms with E-state index in [1.165, 1.54) is 0 Å². The second-order valence-electron chi connectivity index (χ2n) is 9.21. The van der Waals surface area contributed by atoms with E-state index in [0.717, 1.165) is 34.6 Å². The molecule has 194 valence electrons. The molecule has 1 aromatic heterocycles. The van der Waals surface area contributed by atoms with Crippen molar-refractivity contribution in [1.29, 1.82) is 0 Å². The van der Waals surface area contributed by atoms with E-state index in [9.17, 15) is 4.79 Å². The zero-order valence-electron chi connectivity index (χ0n) is 21.4. The molecular weight excluding hydrogens is 470 g/mol. The SMILES string of the molecule is COc1cc2c(cc1OC)C1c3ccc(cc3)OCCOCCN(Cc3ccccn3)CC(=O)N1CC2. The van der Waals surface area contributed by atoms with Gasteiger partial charge in [0.25, 0.3) is 0 Å². The fourth-order valence-electron chi connectivity index (χ4n) is 5.05. The van der Waals surface area contributed by atoms with E-state index in [1.54, 1.807) is 20.4 Å². The summed E-state index contributed by atoms with van der Waals surface area (Å²) in [6.45, 7) is 3.52. The highest BCUT2D eigenvalue weighted by molar-refractivity contribution is 5.80. The minimum atomic E-state index is -0.247. The highest BCUT2D eigenvalue weighted by Crippen LogP contribution is 2.41. The normalized spacial score (nSPS) is 18.7. The molecule has 3 aromatic rings. The third-order valence-corrected chi connectivity index (χ3v) is 6.91. The first-order valence-electron chi connectivity index (χ1n) is 12.6. The van der Waals surface area contributed by atoms with Crippen LogP contribution in [0.5, 0.6) is 17.2 Å². The first kappa shape index (κ1) is 25.0. The van der Waals surface area contributed by atoms with E-state index in [-0.39, 0.29) is 18.5 Å². The Morgan fingerprint density at radius 2 is 1.78 bits per heavy atom. The van der Waals surface area contributed by atoms with Gasteiger partial charge in [-0.05, 0) is 59.5 Å². The Kier molecular flexibility index (Phi) is 7.87. The smallest absolute Gasteiger partial charge is 0.237 e. The highest BCUT2D eigenvalue weighted by Gasteiger charge is 2.34. The van der Waals surface area contributed by atoms with Crippen molar-refractivity contribution in [3.63, 3.8) is 0 Å². The van der Waals surface area contributed by atoms with Crippen LogP contribution in [0.4, 0.5) is 0 Å². The Morgan fingerprint density at radius 1 is 0.973 bits per heavy atom. The van der Waals surface area contributed by atoms with E-state index in [4.69, 9.17) is 18.9 Å². The van der Waals surface area contributed by atoms with Gasteiger partial charge in [-0.15, -0.1) is 0 Å². The summed E-state index contributed by atoms with van der Waals surface area (Å²) in [4.78, 5) is 22.5. The first-order valence-corrected chi connectivity index (χ1v) is 12.6. The van der Waals surface area contributed by atoms with Gasteiger partial charge in [-0.3, -0.25) is 14.7 Å². The van der Waals surface area contributed by atoms with Crippen LogP contribution >= 0.6 is 0 Å². The first-order chi connectivity index (χ1) is 18.2. The van der Waals surface area contributed by atoms with E-state index in [0.29, 0.717) is 51.0 Å². The Labute approximate surface area is 217 Å². The summed E-state index contributed by atoms with van der Waals surface area (Å²) in [5.74, 6) is 2.19. The molecule has 8 nitrogen and oxygen atoms in total. The third kappa shape index (κ3) is 5.70. The van der Waals surface area contributed by atoms with Gasteiger partial charge < -0.3 is 23.8 Å². The van der Waals surface area contributed by atoms with Gasteiger partial charge in [0.2, 0.25) is 5.91 Å². The molecule has 1 atom stereocenters. The molecular formula is C29H33N3O5. The largest absolute Gasteiger partial charge is 0.493 e. The van der Waals surface area contributed by atoms with Gasteiger partial charge in [-0.25, -0.2) is 0 Å². The molecule has 1 unspecified atom stereocenters. The number of hydrogen-bond donors (Lipinski definition) is 0. The van der Waals surface area contributed by atoms with Gasteiger partial charge in [0.1, 0.15) is 12.4 Å². The number of amides is 1. The number of aromatic nitrogens is 1. The van der Waals surface area contributed by atoms with Crippen LogP contribution in [0.3, 0.4) is 0 Å². The van der Waals surface area contributed by atoms with Gasteiger partial charge in [-0.2, -0.15) is 0 Å². The van der Waals surface area contributed by atoms with E-state index < -0.39 is 0 Å². The number of methoxy groups -OCH3 is 2. The number of fused-ring (bicyclic) bond motifs is 11. The van der Waals surface area contributed by atoms with Crippen molar-refractivity contribution in [2.24, 2.45) is 0 Å². The molecule has 2 aromatic carbocycles. The fraction of sp³-hybridized carbons (Fsp3) is 0.379. The molecule has 6 rings (SSSR count). The van der Waals surface area contributed by atoms with Crippen LogP contribution in [0.1, 0.15) is 28.4 Å². The quantitative estimate of drug-likeness (QED) is 0.505. The van der Waals surface area contributed by atoms with Crippen molar-refractivity contribution in [3.05, 3.63) is 83.2 Å². The maximum Gasteiger partial charge on any atom is 0.237 e. The van der Waals surface area contributed by atoms with Crippen LogP contribution in [-0.2, 0) is 22.5 Å². The van der Waals surface area contributed by atoms with Gasteiger partial charge in [0, 0.05) is 25.8 Å². The molecule has 37 heavy (non-hydrogen) atoms. The predicted molar refractivity (Wildman–Crippen MR) is 139 cm³/mol. The molecule has 1 amide bonds. The molecule has 3 aliphatic rings. The van der Waals surface area contributed by atoms with Gasteiger partial charge >= 0.3 is 0 Å². The zero-order valence-corrected chi connectivity index (χ0v) is 21.4. The minimum Gasteiger partial charge on any atom is -0.493 e. The fourth-order valence-corrected chi connectivity index (χ4v) is 5.05. The summed E-state index contributed by atoms with van der Waals surface area (Å²) in [6, 6.07) is 17.6. The lowest BCUT2D eigenvalue weighted by Crippen LogP contribution is -2.46. The molecule has 0 saturated heterocycles. The number of pyridine rings is 1. The van der Waals surface area contributed by atoms with Crippen molar-refractivity contribution < 1.29 is 23.7 Å². The summed E-state index contributed by atoms with van der Waals surface area (Å²) in [5, 5.41) is 0. The van der Waals surface area contributed by atoms with Crippen molar-refractivity contribution in [2.45, 2.75) is 19.0 Å². The monoisotopic (exact) mass is 503 g/mol. The average molecular weight is 504 g/mol. The summed E-state index contributed by atoms with van der Waals surface area (Å²) in [7, 11) is 3.28. The number of hydrogen-bond acceptors (Lipinski definition) is 7. The van der Waals surface area contributed by atoms with Gasteiger partial charge in [0.15, 0.2) is 11.5 Å². The van der Waals surface area contributed by atoms with E-state index in [1.807, 2.05) is 59.5 Å². The summed E-state index contributed by atoms with van der Waals surface area (Å²) in [6.07, 6.45) is 2.52. The molecule has 0 saturated carbocycles. The maximum absolute atomic E-state index is 13.9.